The smallest absolute Gasteiger partial charge is 0.249 e. The molecule has 254 valence electrons. The van der Waals surface area contributed by atoms with Crippen molar-refractivity contribution in [1.29, 1.82) is 0 Å². The molecule has 2 amide bonds. The molecule has 9 nitrogen and oxygen atoms in total. The van der Waals surface area contributed by atoms with E-state index in [0.717, 1.165) is 25.7 Å². The van der Waals surface area contributed by atoms with E-state index < -0.39 is 23.5 Å². The minimum Gasteiger partial charge on any atom is -0.353 e. The number of carbonyl (C=O) groups excluding carboxylic acids is 3. The van der Waals surface area contributed by atoms with E-state index in [9.17, 15) is 14.4 Å². The SMILES string of the molecule is CCCCCCCCC=CCCCCCCCC(=O)NN1CCC(C(=O)CCNC(=O)C2OC(C)(C)OCC2(C)C)CC1N. The maximum Gasteiger partial charge on any atom is 0.249 e. The number of ketones is 1. The summed E-state index contributed by atoms with van der Waals surface area (Å²) < 4.78 is 11.6. The van der Waals surface area contributed by atoms with Gasteiger partial charge >= 0.3 is 0 Å². The summed E-state index contributed by atoms with van der Waals surface area (Å²) in [5.41, 5.74) is 8.82. The predicted octanol–water partition coefficient (Wildman–Crippen LogP) is 6.31. The third kappa shape index (κ3) is 15.0. The molecule has 0 aromatic rings. The Kier molecular flexibility index (Phi) is 17.7. The van der Waals surface area contributed by atoms with Crippen molar-refractivity contribution >= 4 is 17.6 Å². The molecule has 0 aromatic heterocycles. The number of unbranched alkanes of at least 4 members (excludes halogenated alkanes) is 11. The van der Waals surface area contributed by atoms with Gasteiger partial charge in [0.25, 0.3) is 0 Å². The number of amides is 2. The van der Waals surface area contributed by atoms with Crippen LogP contribution in [-0.4, -0.2) is 60.4 Å². The number of carbonyl (C=O) groups is 3. The molecular formula is C35H64N4O5. The van der Waals surface area contributed by atoms with Crippen molar-refractivity contribution in [3.63, 3.8) is 0 Å². The Hall–Kier alpha value is -1.81. The molecule has 9 heteroatoms. The molecule has 2 saturated heterocycles. The fourth-order valence-corrected chi connectivity index (χ4v) is 5.93. The highest BCUT2D eigenvalue weighted by Gasteiger charge is 2.45. The molecule has 2 aliphatic rings. The van der Waals surface area contributed by atoms with Crippen molar-refractivity contribution in [3.05, 3.63) is 12.2 Å². The van der Waals surface area contributed by atoms with E-state index in [1.165, 1.54) is 57.8 Å². The maximum absolute atomic E-state index is 12.9. The fraction of sp³-hybridized carbons (Fsp3) is 0.857. The van der Waals surface area contributed by atoms with Gasteiger partial charge in [0.15, 0.2) is 5.79 Å². The predicted molar refractivity (Wildman–Crippen MR) is 176 cm³/mol. The number of nitrogens with two attached hydrogens (primary N) is 1. The molecule has 0 aliphatic carbocycles. The monoisotopic (exact) mass is 620 g/mol. The van der Waals surface area contributed by atoms with Crippen LogP contribution in [0.25, 0.3) is 0 Å². The molecule has 0 aromatic carbocycles. The molecule has 2 heterocycles. The topological polar surface area (TPSA) is 123 Å². The highest BCUT2D eigenvalue weighted by molar-refractivity contribution is 5.84. The van der Waals surface area contributed by atoms with Crippen LogP contribution in [0.3, 0.4) is 0 Å². The van der Waals surface area contributed by atoms with Gasteiger partial charge in [-0.2, -0.15) is 0 Å². The van der Waals surface area contributed by atoms with Crippen LogP contribution in [0, 0.1) is 11.3 Å². The fourth-order valence-electron chi connectivity index (χ4n) is 5.93. The quantitative estimate of drug-likeness (QED) is 0.102. The number of hydrogen-bond donors (Lipinski definition) is 3. The molecular weight excluding hydrogens is 556 g/mol. The van der Waals surface area contributed by atoms with Crippen molar-refractivity contribution in [3.8, 4) is 0 Å². The second kappa shape index (κ2) is 20.3. The number of Topliss-reactive ketones (excluding diaryl/α,β-unsaturated/α-hetero) is 1. The minimum atomic E-state index is -0.823. The second-order valence-electron chi connectivity index (χ2n) is 14.0. The molecule has 2 rings (SSSR count). The van der Waals surface area contributed by atoms with Crippen LogP contribution >= 0.6 is 0 Å². The number of hydrazine groups is 1. The summed E-state index contributed by atoms with van der Waals surface area (Å²) in [6, 6.07) is 0. The maximum atomic E-state index is 12.9. The standard InChI is InChI=1S/C35H64N4O5/c1-6-7-8-9-10-11-12-13-14-15-16-17-18-19-20-21-31(41)38-39-25-23-28(26-30(39)36)29(40)22-24-37-33(42)32-34(2,3)27-43-35(4,5)44-32/h13-14,28,30,32H,6-12,15-27,36H2,1-5H3,(H,37,42)(H,38,41). The Labute approximate surface area is 267 Å². The Morgan fingerprint density at radius 3 is 2.14 bits per heavy atom. The lowest BCUT2D eigenvalue weighted by Gasteiger charge is -2.44. The number of ether oxygens (including phenoxy) is 2. The highest BCUT2D eigenvalue weighted by Crippen LogP contribution is 2.35. The molecule has 3 atom stereocenters. The number of piperidine rings is 1. The van der Waals surface area contributed by atoms with Gasteiger partial charge in [0.05, 0.1) is 12.8 Å². The molecule has 0 saturated carbocycles. The number of nitrogens with zero attached hydrogens (tertiary/aromatic N) is 1. The van der Waals surface area contributed by atoms with Gasteiger partial charge in [-0.05, 0) is 58.8 Å². The van der Waals surface area contributed by atoms with Crippen molar-refractivity contribution in [2.24, 2.45) is 17.1 Å². The van der Waals surface area contributed by atoms with Crippen LogP contribution in [0.1, 0.15) is 144 Å². The summed E-state index contributed by atoms with van der Waals surface area (Å²) in [7, 11) is 0. The van der Waals surface area contributed by atoms with E-state index in [1.54, 1.807) is 18.9 Å². The zero-order valence-corrected chi connectivity index (χ0v) is 28.6. The van der Waals surface area contributed by atoms with Crippen molar-refractivity contribution in [1.82, 2.24) is 15.8 Å². The average molecular weight is 621 g/mol. The molecule has 2 fully saturated rings. The van der Waals surface area contributed by atoms with Gasteiger partial charge in [-0.25, -0.2) is 5.01 Å². The van der Waals surface area contributed by atoms with Gasteiger partial charge in [0, 0.05) is 37.3 Å². The molecule has 2 aliphatic heterocycles. The van der Waals surface area contributed by atoms with E-state index in [2.05, 4.69) is 29.8 Å². The second-order valence-corrected chi connectivity index (χ2v) is 14.0. The molecule has 4 N–H and O–H groups in total. The third-order valence-electron chi connectivity index (χ3n) is 8.85. The number of rotatable bonds is 21. The highest BCUT2D eigenvalue weighted by atomic mass is 16.7. The first-order valence-corrected chi connectivity index (χ1v) is 17.5. The molecule has 0 bridgehead atoms. The number of nitrogens with one attached hydrogen (secondary N) is 2. The molecule has 0 radical (unpaired) electrons. The summed E-state index contributed by atoms with van der Waals surface area (Å²) in [6.45, 7) is 10.9. The summed E-state index contributed by atoms with van der Waals surface area (Å²) >= 11 is 0. The minimum absolute atomic E-state index is 0.00741. The van der Waals surface area contributed by atoms with E-state index >= 15 is 0 Å². The van der Waals surface area contributed by atoms with E-state index in [0.29, 0.717) is 32.4 Å². The first kappa shape index (κ1) is 38.4. The van der Waals surface area contributed by atoms with Crippen LogP contribution in [0.4, 0.5) is 0 Å². The molecule has 44 heavy (non-hydrogen) atoms. The van der Waals surface area contributed by atoms with Gasteiger partial charge < -0.3 is 20.5 Å². The normalized spacial score (nSPS) is 23.5. The number of allylic oxidation sites excluding steroid dienone is 2. The van der Waals surface area contributed by atoms with Crippen LogP contribution in [-0.2, 0) is 23.9 Å². The summed E-state index contributed by atoms with van der Waals surface area (Å²) in [6.07, 6.45) is 21.5. The van der Waals surface area contributed by atoms with Gasteiger partial charge in [-0.3, -0.25) is 19.8 Å². The Bertz CT molecular complexity index is 890. The van der Waals surface area contributed by atoms with Gasteiger partial charge in [0.2, 0.25) is 11.8 Å². The van der Waals surface area contributed by atoms with Crippen molar-refractivity contribution in [2.75, 3.05) is 19.7 Å². The number of hydrogen-bond acceptors (Lipinski definition) is 7. The lowest BCUT2D eigenvalue weighted by molar-refractivity contribution is -0.304. The summed E-state index contributed by atoms with van der Waals surface area (Å²) in [5, 5.41) is 4.65. The van der Waals surface area contributed by atoms with E-state index in [1.807, 2.05) is 13.8 Å². The zero-order valence-electron chi connectivity index (χ0n) is 28.6. The van der Waals surface area contributed by atoms with Crippen LogP contribution < -0.4 is 16.5 Å². The lowest BCUT2D eigenvalue weighted by atomic mass is 9.85. The lowest BCUT2D eigenvalue weighted by Crippen LogP contribution is -2.57. The Morgan fingerprint density at radius 2 is 1.50 bits per heavy atom. The van der Waals surface area contributed by atoms with Gasteiger partial charge in [-0.1, -0.05) is 84.3 Å². The van der Waals surface area contributed by atoms with Gasteiger partial charge in [-0.15, -0.1) is 0 Å². The molecule has 0 spiro atoms. The van der Waals surface area contributed by atoms with Crippen molar-refractivity contribution < 1.29 is 23.9 Å². The Morgan fingerprint density at radius 1 is 0.886 bits per heavy atom. The van der Waals surface area contributed by atoms with Crippen LogP contribution in [0.15, 0.2) is 12.2 Å². The molecule has 3 unspecified atom stereocenters. The summed E-state index contributed by atoms with van der Waals surface area (Å²) in [5.74, 6) is -1.13. The summed E-state index contributed by atoms with van der Waals surface area (Å²) in [4.78, 5) is 38.2. The van der Waals surface area contributed by atoms with Crippen molar-refractivity contribution in [2.45, 2.75) is 162 Å². The largest absolute Gasteiger partial charge is 0.353 e. The van der Waals surface area contributed by atoms with E-state index in [4.69, 9.17) is 15.2 Å². The zero-order chi connectivity index (χ0) is 32.4. The Balaban J connectivity index is 1.51. The van der Waals surface area contributed by atoms with Gasteiger partial charge in [0.1, 0.15) is 11.9 Å². The van der Waals surface area contributed by atoms with E-state index in [-0.39, 0.29) is 36.5 Å². The third-order valence-corrected chi connectivity index (χ3v) is 8.85. The van der Waals surface area contributed by atoms with Crippen LogP contribution in [0.2, 0.25) is 0 Å². The average Bonchev–Trinajstić information content (AvgIpc) is 2.97. The first-order chi connectivity index (χ1) is 20.9. The van der Waals surface area contributed by atoms with Crippen LogP contribution in [0.5, 0.6) is 0 Å². The first-order valence-electron chi connectivity index (χ1n) is 17.5.